The van der Waals surface area contributed by atoms with Gasteiger partial charge in [-0.3, -0.25) is 4.72 Å². The Morgan fingerprint density at radius 2 is 1.77 bits per heavy atom. The van der Waals surface area contributed by atoms with Crippen LogP contribution in [0.3, 0.4) is 0 Å². The van der Waals surface area contributed by atoms with Gasteiger partial charge in [0.15, 0.2) is 0 Å². The van der Waals surface area contributed by atoms with Crippen LogP contribution in [0, 0.1) is 11.6 Å². The molecule has 0 fully saturated rings. The standard InChI is InChI=1S/C14H12ClF2NO3S/c15-13-9-11(3-6-14(13)17)18-22(19,20)8-7-21-12-4-1-10(16)2-5-12/h1-6,9,18H,7-8H2. The minimum Gasteiger partial charge on any atom is -0.492 e. The van der Waals surface area contributed by atoms with E-state index in [1.165, 1.54) is 36.4 Å². The molecular formula is C14H12ClF2NO3S. The molecule has 0 atom stereocenters. The van der Waals surface area contributed by atoms with Crippen LogP contribution in [0.2, 0.25) is 5.02 Å². The maximum Gasteiger partial charge on any atom is 0.236 e. The van der Waals surface area contributed by atoms with Crippen molar-refractivity contribution in [3.8, 4) is 5.75 Å². The molecule has 0 bridgehead atoms. The fourth-order valence-corrected chi connectivity index (χ4v) is 2.66. The molecule has 2 aromatic carbocycles. The fourth-order valence-electron chi connectivity index (χ4n) is 1.59. The van der Waals surface area contributed by atoms with E-state index in [-0.39, 0.29) is 23.1 Å². The van der Waals surface area contributed by atoms with E-state index in [1.54, 1.807) is 0 Å². The van der Waals surface area contributed by atoms with Crippen molar-refractivity contribution in [1.29, 1.82) is 0 Å². The molecule has 1 N–H and O–H groups in total. The fraction of sp³-hybridized carbons (Fsp3) is 0.143. The van der Waals surface area contributed by atoms with E-state index >= 15 is 0 Å². The summed E-state index contributed by atoms with van der Waals surface area (Å²) in [6.07, 6.45) is 0. The summed E-state index contributed by atoms with van der Waals surface area (Å²) in [6.45, 7) is -0.115. The first kappa shape index (κ1) is 16.5. The van der Waals surface area contributed by atoms with Crippen molar-refractivity contribution in [3.63, 3.8) is 0 Å². The number of hydrogen-bond acceptors (Lipinski definition) is 3. The molecule has 4 nitrogen and oxygen atoms in total. The predicted octanol–water partition coefficient (Wildman–Crippen LogP) is 3.44. The van der Waals surface area contributed by atoms with Gasteiger partial charge in [0.2, 0.25) is 10.0 Å². The molecule has 0 unspecified atom stereocenters. The van der Waals surface area contributed by atoms with Gasteiger partial charge in [0.05, 0.1) is 10.7 Å². The molecule has 22 heavy (non-hydrogen) atoms. The second-order valence-corrected chi connectivity index (χ2v) is 6.60. The molecule has 118 valence electrons. The number of sulfonamides is 1. The Hall–Kier alpha value is -1.86. The van der Waals surface area contributed by atoms with Crippen molar-refractivity contribution in [1.82, 2.24) is 0 Å². The Morgan fingerprint density at radius 1 is 1.09 bits per heavy atom. The molecule has 0 aliphatic carbocycles. The van der Waals surface area contributed by atoms with Crippen molar-refractivity contribution in [3.05, 3.63) is 59.1 Å². The second kappa shape index (κ2) is 6.93. The van der Waals surface area contributed by atoms with E-state index in [0.717, 1.165) is 6.07 Å². The van der Waals surface area contributed by atoms with Crippen molar-refractivity contribution in [2.24, 2.45) is 0 Å². The normalized spacial score (nSPS) is 11.2. The maximum atomic E-state index is 13.0. The van der Waals surface area contributed by atoms with Gasteiger partial charge in [-0.1, -0.05) is 11.6 Å². The summed E-state index contributed by atoms with van der Waals surface area (Å²) in [5.41, 5.74) is 0.160. The molecule has 0 aromatic heterocycles. The van der Waals surface area contributed by atoms with Gasteiger partial charge < -0.3 is 4.74 Å². The topological polar surface area (TPSA) is 55.4 Å². The number of ether oxygens (including phenoxy) is 1. The van der Waals surface area contributed by atoms with Gasteiger partial charge in [-0.15, -0.1) is 0 Å². The van der Waals surface area contributed by atoms with E-state index in [2.05, 4.69) is 4.72 Å². The Bertz CT molecular complexity index is 751. The van der Waals surface area contributed by atoms with Crippen LogP contribution in [0.15, 0.2) is 42.5 Å². The molecule has 0 heterocycles. The Kier molecular flexibility index (Phi) is 5.20. The van der Waals surface area contributed by atoms with Crippen LogP contribution in [0.4, 0.5) is 14.5 Å². The Balaban J connectivity index is 1.90. The third kappa shape index (κ3) is 4.85. The lowest BCUT2D eigenvalue weighted by molar-refractivity contribution is 0.340. The molecule has 0 aliphatic rings. The molecule has 0 spiro atoms. The van der Waals surface area contributed by atoms with E-state index in [1.807, 2.05) is 0 Å². The summed E-state index contributed by atoms with van der Waals surface area (Å²) >= 11 is 5.57. The first-order valence-corrected chi connectivity index (χ1v) is 8.23. The summed E-state index contributed by atoms with van der Waals surface area (Å²) in [4.78, 5) is 0. The first-order valence-electron chi connectivity index (χ1n) is 6.20. The minimum atomic E-state index is -3.67. The zero-order valence-corrected chi connectivity index (χ0v) is 12.8. The highest BCUT2D eigenvalue weighted by Crippen LogP contribution is 2.20. The molecule has 0 radical (unpaired) electrons. The summed E-state index contributed by atoms with van der Waals surface area (Å²) in [5.74, 6) is -1.00. The average Bonchev–Trinajstić information content (AvgIpc) is 2.45. The number of benzene rings is 2. The monoisotopic (exact) mass is 347 g/mol. The molecule has 0 saturated heterocycles. The molecular weight excluding hydrogens is 336 g/mol. The quantitative estimate of drug-likeness (QED) is 0.871. The zero-order valence-electron chi connectivity index (χ0n) is 11.2. The van der Waals surface area contributed by atoms with Crippen molar-refractivity contribution >= 4 is 27.3 Å². The summed E-state index contributed by atoms with van der Waals surface area (Å²) in [7, 11) is -3.67. The molecule has 0 aliphatic heterocycles. The van der Waals surface area contributed by atoms with Crippen LogP contribution in [0.1, 0.15) is 0 Å². The van der Waals surface area contributed by atoms with Crippen LogP contribution in [0.5, 0.6) is 5.75 Å². The summed E-state index contributed by atoms with van der Waals surface area (Å²) in [5, 5.41) is -0.178. The largest absolute Gasteiger partial charge is 0.492 e. The lowest BCUT2D eigenvalue weighted by atomic mass is 10.3. The van der Waals surface area contributed by atoms with E-state index < -0.39 is 21.7 Å². The number of halogens is 3. The number of rotatable bonds is 6. The highest BCUT2D eigenvalue weighted by molar-refractivity contribution is 7.92. The SMILES string of the molecule is O=S(=O)(CCOc1ccc(F)cc1)Nc1ccc(F)c(Cl)c1. The third-order valence-electron chi connectivity index (χ3n) is 2.63. The second-order valence-electron chi connectivity index (χ2n) is 4.35. The van der Waals surface area contributed by atoms with Crippen LogP contribution >= 0.6 is 11.6 Å². The molecule has 2 aromatic rings. The molecule has 2 rings (SSSR count). The predicted molar refractivity (Wildman–Crippen MR) is 80.7 cm³/mol. The van der Waals surface area contributed by atoms with Crippen LogP contribution < -0.4 is 9.46 Å². The van der Waals surface area contributed by atoms with E-state index in [4.69, 9.17) is 16.3 Å². The van der Waals surface area contributed by atoms with E-state index in [9.17, 15) is 17.2 Å². The van der Waals surface area contributed by atoms with Gasteiger partial charge in [0.25, 0.3) is 0 Å². The highest BCUT2D eigenvalue weighted by atomic mass is 35.5. The van der Waals surface area contributed by atoms with Gasteiger partial charge >= 0.3 is 0 Å². The molecule has 0 amide bonds. The number of nitrogens with one attached hydrogen (secondary N) is 1. The van der Waals surface area contributed by atoms with E-state index in [0.29, 0.717) is 5.75 Å². The Morgan fingerprint density at radius 3 is 2.41 bits per heavy atom. The lowest BCUT2D eigenvalue weighted by Crippen LogP contribution is -2.21. The van der Waals surface area contributed by atoms with Crippen LogP contribution in [0.25, 0.3) is 0 Å². The van der Waals surface area contributed by atoms with Crippen LogP contribution in [-0.4, -0.2) is 20.8 Å². The molecule has 8 heteroatoms. The zero-order chi connectivity index (χ0) is 16.2. The van der Waals surface area contributed by atoms with Gasteiger partial charge in [-0.25, -0.2) is 17.2 Å². The molecule has 0 saturated carbocycles. The minimum absolute atomic E-state index is 0.115. The maximum absolute atomic E-state index is 13.0. The van der Waals surface area contributed by atoms with Crippen LogP contribution in [-0.2, 0) is 10.0 Å². The van der Waals surface area contributed by atoms with Crippen molar-refractivity contribution in [2.75, 3.05) is 17.1 Å². The lowest BCUT2D eigenvalue weighted by Gasteiger charge is -2.10. The Labute approximate surface area is 131 Å². The van der Waals surface area contributed by atoms with Gasteiger partial charge in [-0.05, 0) is 42.5 Å². The smallest absolute Gasteiger partial charge is 0.236 e. The van der Waals surface area contributed by atoms with Crippen molar-refractivity contribution in [2.45, 2.75) is 0 Å². The summed E-state index contributed by atoms with van der Waals surface area (Å²) in [6, 6.07) is 8.72. The van der Waals surface area contributed by atoms with Crippen molar-refractivity contribution < 1.29 is 21.9 Å². The number of hydrogen-bond donors (Lipinski definition) is 1. The van der Waals surface area contributed by atoms with Gasteiger partial charge in [0.1, 0.15) is 29.7 Å². The third-order valence-corrected chi connectivity index (χ3v) is 4.17. The van der Waals surface area contributed by atoms with Gasteiger partial charge in [0, 0.05) is 0 Å². The average molecular weight is 348 g/mol. The number of anilines is 1. The summed E-state index contributed by atoms with van der Waals surface area (Å²) < 4.78 is 56.9. The van der Waals surface area contributed by atoms with Gasteiger partial charge in [-0.2, -0.15) is 0 Å². The highest BCUT2D eigenvalue weighted by Gasteiger charge is 2.12. The first-order chi connectivity index (χ1) is 10.4.